The first-order valence-corrected chi connectivity index (χ1v) is 19.9. The van der Waals surface area contributed by atoms with Crippen LogP contribution < -0.4 is 4.57 Å². The van der Waals surface area contributed by atoms with E-state index in [0.717, 1.165) is 0 Å². The Morgan fingerprint density at radius 2 is 0.909 bits per heavy atom. The van der Waals surface area contributed by atoms with Crippen molar-refractivity contribution < 1.29 is 4.57 Å². The standard InChI is InChI=1S/C42H74N2/c1-3-5-7-9-11-13-15-16-17-18-20-22-24-26-31-35-42(44-37-36-43-39-44)41(38-40-32-28-27-29-33-40)34-30-25-23-21-19-14-12-10-8-6-4-2/h27-29,32-33,36-37,39,41-42H,3-26,30-31,34-35,38H2,1-2H3/p+1. The number of nitrogens with zero attached hydrogens (tertiary/aromatic N) is 1. The lowest BCUT2D eigenvalue weighted by atomic mass is 9.84. The first-order chi connectivity index (χ1) is 21.8. The number of unbranched alkanes of at least 4 members (excludes halogenated alkanes) is 24. The van der Waals surface area contributed by atoms with Crippen LogP contribution in [0.1, 0.15) is 205 Å². The molecular weight excluding hydrogens is 532 g/mol. The molecule has 1 heterocycles. The number of nitrogens with one attached hydrogen (secondary N) is 1. The van der Waals surface area contributed by atoms with Gasteiger partial charge in [-0.2, -0.15) is 0 Å². The highest BCUT2D eigenvalue weighted by Gasteiger charge is 2.26. The van der Waals surface area contributed by atoms with Crippen LogP contribution in [0.4, 0.5) is 0 Å². The van der Waals surface area contributed by atoms with Gasteiger partial charge in [0.25, 0.3) is 0 Å². The maximum atomic E-state index is 3.36. The third-order valence-corrected chi connectivity index (χ3v) is 10.1. The molecule has 2 heteroatoms. The van der Waals surface area contributed by atoms with E-state index in [9.17, 15) is 0 Å². The Kier molecular flexibility index (Phi) is 25.3. The lowest BCUT2D eigenvalue weighted by molar-refractivity contribution is -0.730. The van der Waals surface area contributed by atoms with Gasteiger partial charge in [-0.3, -0.25) is 4.98 Å². The predicted octanol–water partition coefficient (Wildman–Crippen LogP) is 13.7. The summed E-state index contributed by atoms with van der Waals surface area (Å²) in [7, 11) is 0. The Bertz CT molecular complexity index is 814. The molecule has 2 aromatic rings. The first-order valence-electron chi connectivity index (χ1n) is 19.9. The molecular formula is C42H75N2+. The molecule has 0 aliphatic carbocycles. The summed E-state index contributed by atoms with van der Waals surface area (Å²) < 4.78 is 2.51. The highest BCUT2D eigenvalue weighted by Crippen LogP contribution is 2.29. The molecule has 0 radical (unpaired) electrons. The fraction of sp³-hybridized carbons (Fsp3) is 0.786. The van der Waals surface area contributed by atoms with Gasteiger partial charge in [0, 0.05) is 5.92 Å². The zero-order chi connectivity index (χ0) is 31.2. The molecule has 2 rings (SSSR count). The summed E-state index contributed by atoms with van der Waals surface area (Å²) in [6, 6.07) is 11.9. The molecule has 252 valence electrons. The maximum absolute atomic E-state index is 3.36. The molecule has 44 heavy (non-hydrogen) atoms. The summed E-state index contributed by atoms with van der Waals surface area (Å²) >= 11 is 0. The maximum Gasteiger partial charge on any atom is 0.241 e. The molecule has 1 aromatic heterocycles. The van der Waals surface area contributed by atoms with Crippen LogP contribution >= 0.6 is 0 Å². The van der Waals surface area contributed by atoms with E-state index in [4.69, 9.17) is 0 Å². The van der Waals surface area contributed by atoms with Crippen LogP contribution in [-0.2, 0) is 6.42 Å². The van der Waals surface area contributed by atoms with Crippen molar-refractivity contribution in [2.45, 2.75) is 206 Å². The summed E-state index contributed by atoms with van der Waals surface area (Å²) in [5, 5.41) is 0. The van der Waals surface area contributed by atoms with Gasteiger partial charge in [0.15, 0.2) is 0 Å². The molecule has 0 amide bonds. The van der Waals surface area contributed by atoms with Crippen molar-refractivity contribution in [1.29, 1.82) is 0 Å². The second-order valence-electron chi connectivity index (χ2n) is 14.1. The van der Waals surface area contributed by atoms with Gasteiger partial charge in [-0.25, -0.2) is 4.57 Å². The second kappa shape index (κ2) is 28.9. The van der Waals surface area contributed by atoms with Gasteiger partial charge in [0.05, 0.1) is 0 Å². The minimum atomic E-state index is 0.603. The van der Waals surface area contributed by atoms with Gasteiger partial charge in [0.1, 0.15) is 18.4 Å². The van der Waals surface area contributed by atoms with E-state index in [0.29, 0.717) is 12.0 Å². The lowest BCUT2D eigenvalue weighted by Gasteiger charge is -2.25. The first kappa shape index (κ1) is 38.6. The van der Waals surface area contributed by atoms with E-state index in [2.05, 4.69) is 72.5 Å². The number of rotatable bonds is 32. The molecule has 2 atom stereocenters. The number of hydrogen-bond donors (Lipinski definition) is 1. The van der Waals surface area contributed by atoms with Crippen molar-refractivity contribution >= 4 is 0 Å². The molecule has 2 nitrogen and oxygen atoms in total. The molecule has 1 N–H and O–H groups in total. The van der Waals surface area contributed by atoms with Crippen molar-refractivity contribution in [2.75, 3.05) is 0 Å². The second-order valence-corrected chi connectivity index (χ2v) is 14.1. The molecule has 0 spiro atoms. The van der Waals surface area contributed by atoms with Crippen molar-refractivity contribution in [1.82, 2.24) is 4.98 Å². The fourth-order valence-corrected chi connectivity index (χ4v) is 7.28. The Morgan fingerprint density at radius 1 is 0.500 bits per heavy atom. The van der Waals surface area contributed by atoms with Crippen LogP contribution in [0.15, 0.2) is 49.1 Å². The van der Waals surface area contributed by atoms with Crippen molar-refractivity contribution in [3.05, 3.63) is 54.6 Å². The number of H-pyrrole nitrogens is 1. The van der Waals surface area contributed by atoms with Gasteiger partial charge in [0.2, 0.25) is 6.33 Å². The number of benzene rings is 1. The molecule has 0 saturated heterocycles. The van der Waals surface area contributed by atoms with E-state index in [1.165, 1.54) is 192 Å². The van der Waals surface area contributed by atoms with Gasteiger partial charge >= 0.3 is 0 Å². The predicted molar refractivity (Wildman–Crippen MR) is 194 cm³/mol. The average Bonchev–Trinajstić information content (AvgIpc) is 3.58. The van der Waals surface area contributed by atoms with Gasteiger partial charge in [-0.1, -0.05) is 205 Å². The molecule has 0 aliphatic rings. The van der Waals surface area contributed by atoms with Crippen molar-refractivity contribution in [2.24, 2.45) is 5.92 Å². The smallest absolute Gasteiger partial charge is 0.241 e. The molecule has 0 saturated carbocycles. The summed E-state index contributed by atoms with van der Waals surface area (Å²) in [4.78, 5) is 3.36. The van der Waals surface area contributed by atoms with Crippen LogP contribution in [0.25, 0.3) is 0 Å². The monoisotopic (exact) mass is 608 g/mol. The summed E-state index contributed by atoms with van der Waals surface area (Å²) in [5.41, 5.74) is 1.51. The van der Waals surface area contributed by atoms with E-state index in [-0.39, 0.29) is 0 Å². The largest absolute Gasteiger partial charge is 0.250 e. The molecule has 0 fully saturated rings. The van der Waals surface area contributed by atoms with Crippen LogP contribution in [0.5, 0.6) is 0 Å². The molecule has 2 unspecified atom stereocenters. The Balaban J connectivity index is 1.67. The molecule has 0 aliphatic heterocycles. The third kappa shape index (κ3) is 20.5. The summed E-state index contributed by atoms with van der Waals surface area (Å²) in [6.45, 7) is 4.62. The lowest BCUT2D eigenvalue weighted by Crippen LogP contribution is -2.42. The van der Waals surface area contributed by atoms with E-state index in [1.807, 2.05) is 0 Å². The minimum Gasteiger partial charge on any atom is -0.250 e. The topological polar surface area (TPSA) is 19.7 Å². The van der Waals surface area contributed by atoms with E-state index in [1.54, 1.807) is 0 Å². The SMILES string of the molecule is CCCCCCCCCCCCCCCCCC(C(CCCCCCCCCCCCC)Cc1ccccc1)[n+]1cc[nH]c1. The third-order valence-electron chi connectivity index (χ3n) is 10.1. The van der Waals surface area contributed by atoms with Gasteiger partial charge in [-0.15, -0.1) is 0 Å². The summed E-state index contributed by atoms with van der Waals surface area (Å²) in [6.07, 6.45) is 47.7. The normalized spacial score (nSPS) is 13.0. The number of hydrogen-bond acceptors (Lipinski definition) is 0. The average molecular weight is 608 g/mol. The van der Waals surface area contributed by atoms with Gasteiger partial charge < -0.3 is 0 Å². The number of aromatic amines is 1. The minimum absolute atomic E-state index is 0.603. The van der Waals surface area contributed by atoms with Crippen molar-refractivity contribution in [3.63, 3.8) is 0 Å². The zero-order valence-electron chi connectivity index (χ0n) is 29.7. The summed E-state index contributed by atoms with van der Waals surface area (Å²) in [5.74, 6) is 0.711. The van der Waals surface area contributed by atoms with E-state index >= 15 is 0 Å². The Hall–Kier alpha value is -1.57. The zero-order valence-corrected chi connectivity index (χ0v) is 29.7. The van der Waals surface area contributed by atoms with Crippen LogP contribution in [-0.4, -0.2) is 4.98 Å². The van der Waals surface area contributed by atoms with Crippen LogP contribution in [0, 0.1) is 5.92 Å². The van der Waals surface area contributed by atoms with E-state index < -0.39 is 0 Å². The highest BCUT2D eigenvalue weighted by atomic mass is 15.1. The quantitative estimate of drug-likeness (QED) is 0.0630. The van der Waals surface area contributed by atoms with Crippen molar-refractivity contribution in [3.8, 4) is 0 Å². The number of imidazole rings is 1. The Morgan fingerprint density at radius 3 is 1.32 bits per heavy atom. The van der Waals surface area contributed by atoms with Gasteiger partial charge in [-0.05, 0) is 31.2 Å². The number of aromatic nitrogens is 2. The fourth-order valence-electron chi connectivity index (χ4n) is 7.28. The molecule has 0 bridgehead atoms. The highest BCUT2D eigenvalue weighted by molar-refractivity contribution is 5.15. The Labute approximate surface area is 275 Å². The molecule has 1 aromatic carbocycles. The van der Waals surface area contributed by atoms with Crippen LogP contribution in [0.3, 0.4) is 0 Å². The van der Waals surface area contributed by atoms with Crippen LogP contribution in [0.2, 0.25) is 0 Å².